The average molecular weight is 403 g/mol. The van der Waals surface area contributed by atoms with Crippen LogP contribution in [0.3, 0.4) is 0 Å². The van der Waals surface area contributed by atoms with Crippen molar-refractivity contribution >= 4 is 23.0 Å². The van der Waals surface area contributed by atoms with Crippen LogP contribution in [0, 0.1) is 12.7 Å². The second kappa shape index (κ2) is 7.77. The fourth-order valence-electron chi connectivity index (χ4n) is 2.70. The number of nitrogens with zero attached hydrogens (tertiary/aromatic N) is 4. The molecule has 2 heterocycles. The SMILES string of the molecule is Cc1ccc(F)c(NC(=S)N2CCOCC2c2ncn(CC(F)(F)F)n2)c1. The minimum Gasteiger partial charge on any atom is -0.377 e. The fraction of sp³-hybridized carbons (Fsp3) is 0.438. The molecule has 1 saturated heterocycles. The third-order valence-electron chi connectivity index (χ3n) is 3.95. The van der Waals surface area contributed by atoms with Crippen LogP contribution >= 0.6 is 12.2 Å². The van der Waals surface area contributed by atoms with E-state index >= 15 is 0 Å². The molecule has 0 bridgehead atoms. The Bertz CT molecular complexity index is 825. The summed E-state index contributed by atoms with van der Waals surface area (Å²) in [4.78, 5) is 5.65. The van der Waals surface area contributed by atoms with Gasteiger partial charge in [-0.3, -0.25) is 0 Å². The zero-order valence-electron chi connectivity index (χ0n) is 14.3. The Balaban J connectivity index is 1.77. The Kier molecular flexibility index (Phi) is 5.61. The summed E-state index contributed by atoms with van der Waals surface area (Å²) in [7, 11) is 0. The zero-order chi connectivity index (χ0) is 19.6. The number of aryl methyl sites for hydroxylation is 1. The molecule has 1 aromatic heterocycles. The summed E-state index contributed by atoms with van der Waals surface area (Å²) in [5.41, 5.74) is 1.08. The van der Waals surface area contributed by atoms with E-state index in [0.29, 0.717) is 13.2 Å². The molecule has 0 radical (unpaired) electrons. The van der Waals surface area contributed by atoms with Crippen molar-refractivity contribution in [3.63, 3.8) is 0 Å². The highest BCUT2D eigenvalue weighted by atomic mass is 32.1. The lowest BCUT2D eigenvalue weighted by Crippen LogP contribution is -2.45. The number of morpholine rings is 1. The molecular weight excluding hydrogens is 386 g/mol. The van der Waals surface area contributed by atoms with Gasteiger partial charge in [0.2, 0.25) is 0 Å². The van der Waals surface area contributed by atoms with Crippen LogP contribution in [0.25, 0.3) is 0 Å². The maximum atomic E-state index is 14.0. The van der Waals surface area contributed by atoms with E-state index < -0.39 is 24.6 Å². The second-order valence-corrected chi connectivity index (χ2v) is 6.50. The van der Waals surface area contributed by atoms with E-state index in [1.54, 1.807) is 17.0 Å². The largest absolute Gasteiger partial charge is 0.408 e. The molecule has 1 aromatic carbocycles. The highest BCUT2D eigenvalue weighted by Crippen LogP contribution is 2.24. The Morgan fingerprint density at radius 2 is 2.19 bits per heavy atom. The maximum absolute atomic E-state index is 14.0. The lowest BCUT2D eigenvalue weighted by Gasteiger charge is -2.36. The number of anilines is 1. The summed E-state index contributed by atoms with van der Waals surface area (Å²) in [6, 6.07) is 4.02. The number of thiocarbonyl (C=S) groups is 1. The van der Waals surface area contributed by atoms with E-state index in [2.05, 4.69) is 15.4 Å². The van der Waals surface area contributed by atoms with Crippen molar-refractivity contribution in [1.82, 2.24) is 19.7 Å². The van der Waals surface area contributed by atoms with Gasteiger partial charge in [0.25, 0.3) is 0 Å². The van der Waals surface area contributed by atoms with Crippen LogP contribution in [0.2, 0.25) is 0 Å². The highest BCUT2D eigenvalue weighted by Gasteiger charge is 2.32. The molecule has 0 amide bonds. The van der Waals surface area contributed by atoms with Gasteiger partial charge in [-0.1, -0.05) is 6.07 Å². The van der Waals surface area contributed by atoms with E-state index in [1.165, 1.54) is 6.07 Å². The van der Waals surface area contributed by atoms with E-state index in [0.717, 1.165) is 16.6 Å². The molecule has 2 aromatic rings. The quantitative estimate of drug-likeness (QED) is 0.628. The van der Waals surface area contributed by atoms with Gasteiger partial charge in [-0.2, -0.15) is 18.3 Å². The van der Waals surface area contributed by atoms with Gasteiger partial charge in [0.15, 0.2) is 10.9 Å². The van der Waals surface area contributed by atoms with Gasteiger partial charge in [0.05, 0.1) is 18.9 Å². The number of aromatic nitrogens is 3. The first kappa shape index (κ1) is 19.5. The molecule has 0 aliphatic carbocycles. The van der Waals surface area contributed by atoms with Gasteiger partial charge in [0, 0.05) is 6.54 Å². The first-order chi connectivity index (χ1) is 12.7. The number of rotatable bonds is 3. The van der Waals surface area contributed by atoms with Gasteiger partial charge in [-0.25, -0.2) is 14.1 Å². The van der Waals surface area contributed by atoms with Crippen molar-refractivity contribution < 1.29 is 22.3 Å². The predicted octanol–water partition coefficient (Wildman–Crippen LogP) is 3.06. The molecule has 1 aliphatic heterocycles. The van der Waals surface area contributed by atoms with E-state index in [1.807, 2.05) is 6.92 Å². The molecule has 0 spiro atoms. The van der Waals surface area contributed by atoms with Gasteiger partial charge in [-0.05, 0) is 36.8 Å². The number of nitrogens with one attached hydrogen (secondary N) is 1. The molecule has 1 N–H and O–H groups in total. The van der Waals surface area contributed by atoms with E-state index in [4.69, 9.17) is 17.0 Å². The maximum Gasteiger partial charge on any atom is 0.408 e. The minimum absolute atomic E-state index is 0.160. The van der Waals surface area contributed by atoms with Crippen molar-refractivity contribution in [2.24, 2.45) is 0 Å². The molecule has 1 fully saturated rings. The van der Waals surface area contributed by atoms with E-state index in [-0.39, 0.29) is 23.2 Å². The average Bonchev–Trinajstić information content (AvgIpc) is 3.04. The highest BCUT2D eigenvalue weighted by molar-refractivity contribution is 7.80. The van der Waals surface area contributed by atoms with Crippen LogP contribution in [0.15, 0.2) is 24.5 Å². The van der Waals surface area contributed by atoms with Crippen molar-refractivity contribution in [3.05, 3.63) is 41.7 Å². The molecule has 11 heteroatoms. The third-order valence-corrected chi connectivity index (χ3v) is 4.28. The van der Waals surface area contributed by atoms with Crippen LogP contribution in [-0.2, 0) is 11.3 Å². The number of ether oxygens (including phenoxy) is 1. The van der Waals surface area contributed by atoms with Crippen LogP contribution < -0.4 is 5.32 Å². The standard InChI is InChI=1S/C16H17F4N5OS/c1-10-2-3-11(17)12(6-10)22-15(27)25-4-5-26-7-13(25)14-21-9-24(23-14)8-16(18,19)20/h2-3,6,9,13H,4-5,7-8H2,1H3,(H,22,27). The van der Waals surface area contributed by atoms with Gasteiger partial charge >= 0.3 is 6.18 Å². The van der Waals surface area contributed by atoms with Crippen molar-refractivity contribution in [2.45, 2.75) is 25.7 Å². The number of benzene rings is 1. The number of hydrogen-bond donors (Lipinski definition) is 1. The van der Waals surface area contributed by atoms with Gasteiger partial charge in [-0.15, -0.1) is 0 Å². The summed E-state index contributed by atoms with van der Waals surface area (Å²) < 4.78 is 57.7. The van der Waals surface area contributed by atoms with Crippen LogP contribution in [0.4, 0.5) is 23.2 Å². The molecule has 1 atom stereocenters. The molecule has 3 rings (SSSR count). The normalized spacial score (nSPS) is 17.8. The van der Waals surface area contributed by atoms with Crippen LogP contribution in [-0.4, -0.2) is 50.7 Å². The first-order valence-electron chi connectivity index (χ1n) is 8.10. The fourth-order valence-corrected chi connectivity index (χ4v) is 3.03. The summed E-state index contributed by atoms with van der Waals surface area (Å²) >= 11 is 5.38. The summed E-state index contributed by atoms with van der Waals surface area (Å²) in [6.45, 7) is 1.50. The van der Waals surface area contributed by atoms with Crippen LogP contribution in [0.1, 0.15) is 17.4 Å². The molecule has 27 heavy (non-hydrogen) atoms. The lowest BCUT2D eigenvalue weighted by atomic mass is 10.2. The number of hydrogen-bond acceptors (Lipinski definition) is 4. The summed E-state index contributed by atoms with van der Waals surface area (Å²) in [6.07, 6.45) is -3.38. The topological polar surface area (TPSA) is 55.2 Å². The smallest absolute Gasteiger partial charge is 0.377 e. The third kappa shape index (κ3) is 4.92. The molecule has 146 valence electrons. The molecular formula is C16H17F4N5OS. The minimum atomic E-state index is -4.40. The second-order valence-electron chi connectivity index (χ2n) is 6.11. The summed E-state index contributed by atoms with van der Waals surface area (Å²) in [5, 5.41) is 6.97. The zero-order valence-corrected chi connectivity index (χ0v) is 15.1. The van der Waals surface area contributed by atoms with Gasteiger partial charge < -0.3 is 15.0 Å². The monoisotopic (exact) mass is 403 g/mol. The Morgan fingerprint density at radius 1 is 1.41 bits per heavy atom. The Morgan fingerprint density at radius 3 is 2.93 bits per heavy atom. The summed E-state index contributed by atoms with van der Waals surface area (Å²) in [5.74, 6) is -0.298. The molecule has 6 nitrogen and oxygen atoms in total. The van der Waals surface area contributed by atoms with Crippen molar-refractivity contribution in [2.75, 3.05) is 25.1 Å². The predicted molar refractivity (Wildman–Crippen MR) is 93.7 cm³/mol. The number of alkyl halides is 3. The molecule has 1 aliphatic rings. The Hall–Kier alpha value is -2.27. The van der Waals surface area contributed by atoms with E-state index in [9.17, 15) is 17.6 Å². The first-order valence-corrected chi connectivity index (χ1v) is 8.51. The van der Waals surface area contributed by atoms with Crippen molar-refractivity contribution in [1.29, 1.82) is 0 Å². The Labute approximate surface area is 158 Å². The molecule has 0 saturated carbocycles. The van der Waals surface area contributed by atoms with Crippen molar-refractivity contribution in [3.8, 4) is 0 Å². The van der Waals surface area contributed by atoms with Crippen LogP contribution in [0.5, 0.6) is 0 Å². The van der Waals surface area contributed by atoms with Gasteiger partial charge in [0.1, 0.15) is 24.7 Å². The number of halogens is 4. The molecule has 1 unspecified atom stereocenters. The lowest BCUT2D eigenvalue weighted by molar-refractivity contribution is -0.142.